The number of primary sulfonamides is 1. The largest absolute Gasteiger partial charge is 0.357 e. The molecule has 0 aliphatic carbocycles. The van der Waals surface area contributed by atoms with Gasteiger partial charge >= 0.3 is 0 Å². The maximum atomic E-state index is 11.6. The normalized spacial score (nSPS) is 11.2. The van der Waals surface area contributed by atoms with E-state index in [0.717, 1.165) is 31.4 Å². The van der Waals surface area contributed by atoms with Crippen LogP contribution in [-0.2, 0) is 29.4 Å². The van der Waals surface area contributed by atoms with Crippen LogP contribution in [0.1, 0.15) is 24.6 Å². The van der Waals surface area contributed by atoms with E-state index in [1.807, 2.05) is 24.3 Å². The van der Waals surface area contributed by atoms with Gasteiger partial charge in [0.2, 0.25) is 15.7 Å². The average molecular weight is 541 g/mol. The van der Waals surface area contributed by atoms with E-state index in [0.29, 0.717) is 0 Å². The number of rotatable bonds is 8. The van der Waals surface area contributed by atoms with Gasteiger partial charge in [-0.1, -0.05) is 67.6 Å². The Morgan fingerprint density at radius 1 is 0.757 bits per heavy atom. The zero-order valence-electron chi connectivity index (χ0n) is 20.4. The fourth-order valence-electron chi connectivity index (χ4n) is 4.14. The molecular formula is C28H29ClN2O5S. The maximum Gasteiger partial charge on any atom is 0.238 e. The summed E-state index contributed by atoms with van der Waals surface area (Å²) in [4.78, 5) is 0.141. The molecule has 1 aromatic heterocycles. The Hall–Kier alpha value is -3.11. The van der Waals surface area contributed by atoms with Gasteiger partial charge in [0.1, 0.15) is 0 Å². The number of aromatic nitrogens is 1. The number of benzene rings is 3. The van der Waals surface area contributed by atoms with Crippen LogP contribution in [0.3, 0.4) is 0 Å². The van der Waals surface area contributed by atoms with Crippen LogP contribution in [0.2, 0.25) is 0 Å². The molecule has 0 bridgehead atoms. The van der Waals surface area contributed by atoms with Crippen molar-refractivity contribution in [1.29, 1.82) is 0 Å². The summed E-state index contributed by atoms with van der Waals surface area (Å²) in [5, 5.41) is 5.24. The van der Waals surface area contributed by atoms with Gasteiger partial charge in [0, 0.05) is 30.5 Å². The first-order valence-electron chi connectivity index (χ1n) is 11.7. The maximum absolute atomic E-state index is 11.6. The van der Waals surface area contributed by atoms with Gasteiger partial charge in [0.05, 0.1) is 15.7 Å². The first-order chi connectivity index (χ1) is 17.7. The van der Waals surface area contributed by atoms with E-state index in [9.17, 15) is 8.42 Å². The molecule has 0 aliphatic rings. The molecule has 0 saturated carbocycles. The minimum Gasteiger partial charge on any atom is -0.357 e. The predicted molar refractivity (Wildman–Crippen MR) is 133 cm³/mol. The van der Waals surface area contributed by atoms with E-state index in [-0.39, 0.29) is 4.90 Å². The Morgan fingerprint density at radius 2 is 1.30 bits per heavy atom. The smallest absolute Gasteiger partial charge is 0.238 e. The van der Waals surface area contributed by atoms with Crippen LogP contribution < -0.4 is 23.7 Å². The molecule has 9 heteroatoms. The second kappa shape index (κ2) is 13.4. The van der Waals surface area contributed by atoms with Crippen LogP contribution in [-0.4, -0.2) is 8.42 Å². The van der Waals surface area contributed by atoms with Crippen LogP contribution >= 0.6 is 0 Å². The molecule has 2 N–H and O–H groups in total. The van der Waals surface area contributed by atoms with E-state index in [1.54, 1.807) is 12.1 Å². The molecule has 4 aromatic rings. The van der Waals surface area contributed by atoms with Gasteiger partial charge in [-0.15, -0.1) is 0 Å². The summed E-state index contributed by atoms with van der Waals surface area (Å²) in [6.07, 6.45) is 2.82. The summed E-state index contributed by atoms with van der Waals surface area (Å²) < 4.78 is 50.8. The lowest BCUT2D eigenvalue weighted by atomic mass is 9.99. The number of halogens is 1. The molecule has 194 valence electrons. The average Bonchev–Trinajstić information content (AvgIpc) is 2.88. The zero-order valence-corrected chi connectivity index (χ0v) is 22.0. The molecule has 0 amide bonds. The third-order valence-electron chi connectivity index (χ3n) is 5.81. The highest BCUT2D eigenvalue weighted by Gasteiger charge is 2.21. The van der Waals surface area contributed by atoms with E-state index in [2.05, 4.69) is 72.2 Å². The molecule has 0 fully saturated rings. The minimum atomic E-state index is -3.68. The second-order valence-corrected chi connectivity index (χ2v) is 10.3. The Labute approximate surface area is 220 Å². The van der Waals surface area contributed by atoms with Gasteiger partial charge in [0.15, 0.2) is 12.2 Å². The highest BCUT2D eigenvalue weighted by atomic mass is 35.6. The molecule has 37 heavy (non-hydrogen) atoms. The Morgan fingerprint density at radius 3 is 1.81 bits per heavy atom. The summed E-state index contributed by atoms with van der Waals surface area (Å²) >= 11 is 0. The number of hydrogen-bond donors (Lipinski definition) is 1. The quantitative estimate of drug-likeness (QED) is 0.339. The van der Waals surface area contributed by atoms with Gasteiger partial charge in [-0.25, -0.2) is 13.6 Å². The third kappa shape index (κ3) is 8.46. The monoisotopic (exact) mass is 540 g/mol. The van der Waals surface area contributed by atoms with Gasteiger partial charge in [-0.3, -0.25) is 0 Å². The molecule has 0 spiro atoms. The molecule has 0 saturated heterocycles. The van der Waals surface area contributed by atoms with Crippen molar-refractivity contribution in [2.75, 3.05) is 0 Å². The molecule has 1 heterocycles. The fraction of sp³-hybridized carbons (Fsp3) is 0.179. The highest BCUT2D eigenvalue weighted by molar-refractivity contribution is 7.89. The van der Waals surface area contributed by atoms with Crippen LogP contribution in [0.15, 0.2) is 102 Å². The van der Waals surface area contributed by atoms with Crippen LogP contribution in [0.4, 0.5) is 0 Å². The summed E-state index contributed by atoms with van der Waals surface area (Å²) in [7, 11) is -6.53. The summed E-state index contributed by atoms with van der Waals surface area (Å²) in [5.41, 5.74) is 7.14. The highest BCUT2D eigenvalue weighted by Crippen LogP contribution is 2.26. The third-order valence-corrected chi connectivity index (χ3v) is 6.74. The minimum absolute atomic E-state index is 0.141. The fourth-order valence-corrected chi connectivity index (χ4v) is 4.65. The van der Waals surface area contributed by atoms with Crippen molar-refractivity contribution < 1.29 is 37.7 Å². The van der Waals surface area contributed by atoms with E-state index in [1.165, 1.54) is 28.1 Å². The van der Waals surface area contributed by atoms with Gasteiger partial charge < -0.3 is 14.0 Å². The number of nitrogens with zero attached hydrogens (tertiary/aromatic N) is 1. The number of sulfonamides is 1. The second-order valence-electron chi connectivity index (χ2n) is 8.38. The molecule has 0 aliphatic heterocycles. The standard InChI is InChI=1S/C28H29N2O2S.ClO3/c1-2-9-26-20-25(23-10-5-3-6-11-23)21-28(24-12-7-4-8-13-24)30(26)19-18-22-14-16-27(17-15-22)33(29,31)32;2-1(3)4/h3-8,10-17,20-21H,2,9,18-19H2,1H3,(H2,29,31,32);/q+1;-1. The summed E-state index contributed by atoms with van der Waals surface area (Å²) in [5.74, 6) is 0. The van der Waals surface area contributed by atoms with Crippen molar-refractivity contribution in [2.24, 2.45) is 5.14 Å². The van der Waals surface area contributed by atoms with Crippen molar-refractivity contribution in [1.82, 2.24) is 0 Å². The molecule has 0 unspecified atom stereocenters. The Kier molecular flexibility index (Phi) is 10.3. The Balaban J connectivity index is 0.000000886. The number of pyridine rings is 1. The first kappa shape index (κ1) is 28.5. The van der Waals surface area contributed by atoms with Crippen molar-refractivity contribution in [3.63, 3.8) is 0 Å². The van der Waals surface area contributed by atoms with Gasteiger partial charge in [-0.05, 0) is 47.4 Å². The first-order valence-corrected chi connectivity index (χ1v) is 14.2. The van der Waals surface area contributed by atoms with Crippen LogP contribution in [0.5, 0.6) is 0 Å². The predicted octanol–water partition coefficient (Wildman–Crippen LogP) is 1.58. The molecule has 7 nitrogen and oxygen atoms in total. The van der Waals surface area contributed by atoms with Gasteiger partial charge in [0.25, 0.3) is 0 Å². The lowest BCUT2D eigenvalue weighted by Gasteiger charge is -2.13. The molecular weight excluding hydrogens is 512 g/mol. The summed E-state index contributed by atoms with van der Waals surface area (Å²) in [6, 6.07) is 32.4. The SMILES string of the molecule is CCCc1cc(-c2ccccc2)cc(-c2ccccc2)[n+]1CCc1ccc(S(N)(=O)=O)cc1.[O-][Cl+2]([O-])[O-]. The van der Waals surface area contributed by atoms with Gasteiger partial charge in [-0.2, -0.15) is 4.57 Å². The summed E-state index contributed by atoms with van der Waals surface area (Å²) in [6.45, 7) is 3.00. The molecule has 4 rings (SSSR count). The molecule has 0 atom stereocenters. The van der Waals surface area contributed by atoms with E-state index < -0.39 is 20.8 Å². The van der Waals surface area contributed by atoms with Crippen molar-refractivity contribution in [3.05, 3.63) is 108 Å². The number of aryl methyl sites for hydroxylation is 2. The number of nitrogens with two attached hydrogens (primary N) is 1. The molecule has 0 radical (unpaired) electrons. The number of hydrogen-bond acceptors (Lipinski definition) is 5. The van der Waals surface area contributed by atoms with E-state index in [4.69, 9.17) is 19.1 Å². The Bertz CT molecular complexity index is 1380. The zero-order chi connectivity index (χ0) is 26.8. The lowest BCUT2D eigenvalue weighted by Crippen LogP contribution is -2.42. The van der Waals surface area contributed by atoms with Crippen molar-refractivity contribution in [3.8, 4) is 22.4 Å². The molecule has 3 aromatic carbocycles. The van der Waals surface area contributed by atoms with E-state index >= 15 is 0 Å². The van der Waals surface area contributed by atoms with Crippen molar-refractivity contribution >= 4 is 10.0 Å². The van der Waals surface area contributed by atoms with Crippen molar-refractivity contribution in [2.45, 2.75) is 37.6 Å². The van der Waals surface area contributed by atoms with Crippen LogP contribution in [0.25, 0.3) is 22.4 Å². The lowest BCUT2D eigenvalue weighted by molar-refractivity contribution is -1.73. The topological polar surface area (TPSA) is 133 Å². The van der Waals surface area contributed by atoms with Crippen LogP contribution in [0, 0.1) is 10.8 Å².